The maximum absolute atomic E-state index is 13.5. The second-order valence-corrected chi connectivity index (χ2v) is 9.19. The maximum Gasteiger partial charge on any atom is 0.352 e. The molecule has 1 aromatic heterocycles. The molecule has 0 bridgehead atoms. The largest absolute Gasteiger partial charge is 0.477 e. The van der Waals surface area contributed by atoms with Gasteiger partial charge in [-0.2, -0.15) is 5.10 Å². The summed E-state index contributed by atoms with van der Waals surface area (Å²) in [6, 6.07) is 13.4. The van der Waals surface area contributed by atoms with E-state index in [0.29, 0.717) is 23.4 Å². The van der Waals surface area contributed by atoms with Crippen LogP contribution in [0.5, 0.6) is 0 Å². The molecule has 34 heavy (non-hydrogen) atoms. The molecule has 2 atom stereocenters. The minimum absolute atomic E-state index is 0.118. The van der Waals surface area contributed by atoms with Crippen molar-refractivity contribution in [1.82, 2.24) is 15.1 Å². The van der Waals surface area contributed by atoms with Crippen LogP contribution in [0.4, 0.5) is 4.39 Å². The first-order valence-electron chi connectivity index (χ1n) is 10.8. The molecule has 2 heterocycles. The minimum atomic E-state index is -1.55. The smallest absolute Gasteiger partial charge is 0.352 e. The predicted octanol–water partition coefficient (Wildman–Crippen LogP) is 4.57. The SMILES string of the molecule is CC.CCc1c(Cc2ccc(S(N)=O)cc2)c(-c2ccc(F)cc2)nn1C1NC(C(=O)O)=CS1. The number of carbonyl (C=O) groups is 1. The van der Waals surface area contributed by atoms with E-state index in [0.717, 1.165) is 22.4 Å². The first kappa shape index (κ1) is 25.7. The molecule has 0 amide bonds. The molecular formula is C24H27FN4O3S2. The van der Waals surface area contributed by atoms with E-state index in [9.17, 15) is 18.5 Å². The second-order valence-electron chi connectivity index (χ2n) is 7.17. The number of benzene rings is 2. The van der Waals surface area contributed by atoms with Crippen LogP contribution < -0.4 is 10.5 Å². The van der Waals surface area contributed by atoms with Gasteiger partial charge >= 0.3 is 5.97 Å². The van der Waals surface area contributed by atoms with Crippen molar-refractivity contribution < 1.29 is 18.5 Å². The monoisotopic (exact) mass is 502 g/mol. The molecule has 0 aliphatic carbocycles. The second kappa shape index (κ2) is 11.5. The molecule has 4 N–H and O–H groups in total. The summed E-state index contributed by atoms with van der Waals surface area (Å²) < 4.78 is 26.8. The summed E-state index contributed by atoms with van der Waals surface area (Å²) in [6.45, 7) is 6.01. The molecule has 2 unspecified atom stereocenters. The Kier molecular flexibility index (Phi) is 8.65. The zero-order valence-corrected chi connectivity index (χ0v) is 20.8. The number of aliphatic carboxylic acids is 1. The Labute approximate surface area is 204 Å². The summed E-state index contributed by atoms with van der Waals surface area (Å²) in [7, 11) is -1.55. The number of rotatable bonds is 7. The lowest BCUT2D eigenvalue weighted by Gasteiger charge is -2.15. The predicted molar refractivity (Wildman–Crippen MR) is 134 cm³/mol. The van der Waals surface area contributed by atoms with E-state index >= 15 is 0 Å². The van der Waals surface area contributed by atoms with Crippen LogP contribution in [0.25, 0.3) is 11.3 Å². The van der Waals surface area contributed by atoms with Crippen LogP contribution >= 0.6 is 11.8 Å². The zero-order valence-electron chi connectivity index (χ0n) is 19.1. The molecule has 1 aliphatic rings. The van der Waals surface area contributed by atoms with Crippen molar-refractivity contribution in [2.45, 2.75) is 44.0 Å². The molecule has 0 spiro atoms. The third-order valence-electron chi connectivity index (χ3n) is 5.15. The summed E-state index contributed by atoms with van der Waals surface area (Å²) in [5, 5.41) is 24.1. The summed E-state index contributed by atoms with van der Waals surface area (Å²) in [4.78, 5) is 11.9. The average molecular weight is 503 g/mol. The van der Waals surface area contributed by atoms with Gasteiger partial charge in [0.15, 0.2) is 5.50 Å². The molecule has 0 fully saturated rings. The van der Waals surface area contributed by atoms with Crippen molar-refractivity contribution in [2.75, 3.05) is 0 Å². The van der Waals surface area contributed by atoms with Gasteiger partial charge in [0.05, 0.1) is 10.6 Å². The van der Waals surface area contributed by atoms with E-state index in [-0.39, 0.29) is 11.5 Å². The maximum atomic E-state index is 13.5. The average Bonchev–Trinajstić information content (AvgIpc) is 3.46. The van der Waals surface area contributed by atoms with E-state index in [1.165, 1.54) is 23.9 Å². The van der Waals surface area contributed by atoms with Gasteiger partial charge in [-0.05, 0) is 48.4 Å². The Morgan fingerprint density at radius 3 is 2.38 bits per heavy atom. The Bertz CT molecular complexity index is 1210. The highest BCUT2D eigenvalue weighted by atomic mass is 32.2. The van der Waals surface area contributed by atoms with Crippen molar-refractivity contribution >= 4 is 28.7 Å². The summed E-state index contributed by atoms with van der Waals surface area (Å²) >= 11 is 1.33. The highest BCUT2D eigenvalue weighted by Gasteiger charge is 2.28. The molecular weight excluding hydrogens is 475 g/mol. The van der Waals surface area contributed by atoms with Crippen molar-refractivity contribution in [2.24, 2.45) is 5.14 Å². The van der Waals surface area contributed by atoms with Crippen LogP contribution in [-0.2, 0) is 28.6 Å². The Balaban J connectivity index is 0.00000158. The van der Waals surface area contributed by atoms with Crippen molar-refractivity contribution in [3.63, 3.8) is 0 Å². The lowest BCUT2D eigenvalue weighted by Crippen LogP contribution is -2.25. The lowest BCUT2D eigenvalue weighted by atomic mass is 9.98. The molecule has 180 valence electrons. The number of thioether (sulfide) groups is 1. The molecule has 0 radical (unpaired) electrons. The van der Waals surface area contributed by atoms with Crippen LogP contribution in [-0.4, -0.2) is 25.1 Å². The number of hydrogen-bond donors (Lipinski definition) is 3. The van der Waals surface area contributed by atoms with Gasteiger partial charge in [0.1, 0.15) is 22.5 Å². The Morgan fingerprint density at radius 2 is 1.85 bits per heavy atom. The van der Waals surface area contributed by atoms with Crippen LogP contribution in [0.15, 0.2) is 64.5 Å². The number of aromatic nitrogens is 2. The lowest BCUT2D eigenvalue weighted by molar-refractivity contribution is -0.133. The van der Waals surface area contributed by atoms with E-state index in [1.54, 1.807) is 34.4 Å². The fourth-order valence-electron chi connectivity index (χ4n) is 3.61. The van der Waals surface area contributed by atoms with Crippen LogP contribution in [0, 0.1) is 5.82 Å². The molecule has 7 nitrogen and oxygen atoms in total. The molecule has 0 saturated heterocycles. The summed E-state index contributed by atoms with van der Waals surface area (Å²) in [5.74, 6) is -1.36. The number of nitrogens with one attached hydrogen (secondary N) is 1. The van der Waals surface area contributed by atoms with Crippen LogP contribution in [0.2, 0.25) is 0 Å². The normalized spacial score (nSPS) is 15.7. The number of nitrogens with zero attached hydrogens (tertiary/aromatic N) is 2. The molecule has 4 rings (SSSR count). The molecule has 10 heteroatoms. The summed E-state index contributed by atoms with van der Waals surface area (Å²) in [5.41, 5.74) is 4.09. The topological polar surface area (TPSA) is 110 Å². The van der Waals surface area contributed by atoms with Gasteiger partial charge in [-0.25, -0.2) is 23.2 Å². The zero-order chi connectivity index (χ0) is 24.8. The Hall–Kier alpha value is -2.95. The molecule has 1 aliphatic heterocycles. The third kappa shape index (κ3) is 5.57. The van der Waals surface area contributed by atoms with Crippen molar-refractivity contribution in [3.05, 3.63) is 82.3 Å². The van der Waals surface area contributed by atoms with Crippen LogP contribution in [0.3, 0.4) is 0 Å². The van der Waals surface area contributed by atoms with E-state index in [2.05, 4.69) is 5.32 Å². The van der Waals surface area contributed by atoms with Gasteiger partial charge < -0.3 is 10.4 Å². The summed E-state index contributed by atoms with van der Waals surface area (Å²) in [6.07, 6.45) is 1.21. The van der Waals surface area contributed by atoms with Gasteiger partial charge in [0.2, 0.25) is 0 Å². The highest BCUT2D eigenvalue weighted by molar-refractivity contribution is 8.02. The number of carboxylic acids is 1. The van der Waals surface area contributed by atoms with E-state index < -0.39 is 22.5 Å². The number of nitrogens with two attached hydrogens (primary N) is 1. The van der Waals surface area contributed by atoms with Gasteiger partial charge in [-0.3, -0.25) is 0 Å². The van der Waals surface area contributed by atoms with Crippen molar-refractivity contribution in [1.29, 1.82) is 0 Å². The quantitative estimate of drug-likeness (QED) is 0.437. The van der Waals surface area contributed by atoms with Gasteiger partial charge in [-0.1, -0.05) is 44.7 Å². The van der Waals surface area contributed by atoms with Gasteiger partial charge in [0.25, 0.3) is 0 Å². The molecule has 2 aromatic carbocycles. The fourth-order valence-corrected chi connectivity index (χ4v) is 4.93. The first-order valence-corrected chi connectivity index (χ1v) is 13.0. The minimum Gasteiger partial charge on any atom is -0.477 e. The Morgan fingerprint density at radius 1 is 1.21 bits per heavy atom. The first-order chi connectivity index (χ1) is 16.4. The van der Waals surface area contributed by atoms with Crippen LogP contribution in [0.1, 0.15) is 43.1 Å². The number of carboxylic acid groups (broad SMARTS) is 1. The number of halogens is 1. The van der Waals surface area contributed by atoms with E-state index in [1.807, 2.05) is 32.9 Å². The van der Waals surface area contributed by atoms with Gasteiger partial charge in [-0.15, -0.1) is 0 Å². The highest BCUT2D eigenvalue weighted by Crippen LogP contribution is 2.35. The molecule has 3 aromatic rings. The van der Waals surface area contributed by atoms with Gasteiger partial charge in [0, 0.05) is 28.6 Å². The molecule has 0 saturated carbocycles. The van der Waals surface area contributed by atoms with Crippen molar-refractivity contribution in [3.8, 4) is 11.3 Å². The fraction of sp³-hybridized carbons (Fsp3) is 0.250. The third-order valence-corrected chi connectivity index (χ3v) is 6.84. The standard InChI is InChI=1S/C22H21FN4O3S2.C2H6/c1-2-19-17(11-13-3-9-16(10-4-13)32(24)30)20(14-5-7-15(23)8-6-14)26-27(19)22-25-18(12-31-22)21(28)29;1-2/h3-10,12,22,25H,2,11,24H2,1H3,(H,28,29);1-2H3. The van der Waals surface area contributed by atoms with E-state index in [4.69, 9.17) is 10.2 Å². The number of hydrogen-bond acceptors (Lipinski definition) is 5.